The summed E-state index contributed by atoms with van der Waals surface area (Å²) in [6.07, 6.45) is 0.636. The maximum absolute atomic E-state index is 11.3. The zero-order valence-electron chi connectivity index (χ0n) is 8.61. The number of aliphatic hydroxyl groups is 2. The smallest absolute Gasteiger partial charge is 0.341 e. The van der Waals surface area contributed by atoms with Crippen molar-refractivity contribution < 1.29 is 19.7 Å². The predicted octanol–water partition coefficient (Wildman–Crippen LogP) is 1.90. The molecule has 0 radical (unpaired) electrons. The van der Waals surface area contributed by atoms with Gasteiger partial charge in [0.2, 0.25) is 0 Å². The molecule has 0 spiro atoms. The highest BCUT2D eigenvalue weighted by Crippen LogP contribution is 2.26. The molecule has 4 nitrogen and oxygen atoms in total. The second kappa shape index (κ2) is 5.53. The lowest BCUT2D eigenvalue weighted by Gasteiger charge is -2.10. The highest BCUT2D eigenvalue weighted by atomic mass is 35.5. The van der Waals surface area contributed by atoms with E-state index in [0.29, 0.717) is 22.4 Å². The van der Waals surface area contributed by atoms with Gasteiger partial charge in [-0.15, -0.1) is 0 Å². The first-order valence-electron chi connectivity index (χ1n) is 4.47. The SMILES string of the molecule is COC(=O)/C(=C/O)c1cccc(Cl)c1CO. The topological polar surface area (TPSA) is 66.8 Å². The zero-order valence-corrected chi connectivity index (χ0v) is 9.36. The first-order valence-corrected chi connectivity index (χ1v) is 4.84. The molecule has 0 bridgehead atoms. The Hall–Kier alpha value is -1.52. The first-order chi connectivity index (χ1) is 7.65. The van der Waals surface area contributed by atoms with Gasteiger partial charge >= 0.3 is 5.97 Å². The van der Waals surface area contributed by atoms with Gasteiger partial charge in [-0.3, -0.25) is 0 Å². The van der Waals surface area contributed by atoms with E-state index in [4.69, 9.17) is 21.8 Å². The summed E-state index contributed by atoms with van der Waals surface area (Å²) in [5.74, 6) is -0.695. The molecule has 16 heavy (non-hydrogen) atoms. The van der Waals surface area contributed by atoms with Crippen molar-refractivity contribution in [2.45, 2.75) is 6.61 Å². The van der Waals surface area contributed by atoms with Gasteiger partial charge in [0.05, 0.1) is 20.0 Å². The summed E-state index contributed by atoms with van der Waals surface area (Å²) >= 11 is 5.86. The zero-order chi connectivity index (χ0) is 12.1. The number of methoxy groups -OCH3 is 1. The quantitative estimate of drug-likeness (QED) is 0.483. The number of hydrogen-bond acceptors (Lipinski definition) is 4. The Morgan fingerprint density at radius 1 is 1.56 bits per heavy atom. The molecule has 1 aromatic carbocycles. The van der Waals surface area contributed by atoms with Crippen molar-refractivity contribution in [3.05, 3.63) is 40.6 Å². The predicted molar refractivity (Wildman–Crippen MR) is 60.0 cm³/mol. The molecule has 0 atom stereocenters. The molecule has 0 unspecified atom stereocenters. The number of halogens is 1. The van der Waals surface area contributed by atoms with Crippen LogP contribution in [0.4, 0.5) is 0 Å². The standard InChI is InChI=1S/C11H11ClO4/c1-16-11(15)9(6-14)7-3-2-4-10(12)8(7)5-13/h2-4,6,13-14H,5H2,1H3/b9-6+. The molecule has 0 amide bonds. The number of esters is 1. The van der Waals surface area contributed by atoms with Crippen molar-refractivity contribution in [3.63, 3.8) is 0 Å². The molecule has 0 fully saturated rings. The molecule has 0 saturated heterocycles. The van der Waals surface area contributed by atoms with Gasteiger partial charge in [-0.05, 0) is 11.6 Å². The molecule has 0 aliphatic heterocycles. The third-order valence-corrected chi connectivity index (χ3v) is 2.46. The maximum Gasteiger partial charge on any atom is 0.341 e. The van der Waals surface area contributed by atoms with Gasteiger partial charge in [-0.1, -0.05) is 23.7 Å². The van der Waals surface area contributed by atoms with E-state index in [1.54, 1.807) is 18.2 Å². The minimum atomic E-state index is -0.695. The van der Waals surface area contributed by atoms with Crippen molar-refractivity contribution in [1.29, 1.82) is 0 Å². The van der Waals surface area contributed by atoms with Crippen molar-refractivity contribution in [2.75, 3.05) is 7.11 Å². The van der Waals surface area contributed by atoms with E-state index >= 15 is 0 Å². The lowest BCUT2D eigenvalue weighted by Crippen LogP contribution is -2.06. The molecule has 5 heteroatoms. The maximum atomic E-state index is 11.3. The fraction of sp³-hybridized carbons (Fsp3) is 0.182. The third-order valence-electron chi connectivity index (χ3n) is 2.10. The molecule has 86 valence electrons. The number of aliphatic hydroxyl groups excluding tert-OH is 2. The number of benzene rings is 1. The Morgan fingerprint density at radius 3 is 2.75 bits per heavy atom. The molecule has 0 aromatic heterocycles. The van der Waals surface area contributed by atoms with Crippen LogP contribution in [0.15, 0.2) is 24.5 Å². The summed E-state index contributed by atoms with van der Waals surface area (Å²) in [6, 6.07) is 4.77. The number of hydrogen-bond donors (Lipinski definition) is 2. The van der Waals surface area contributed by atoms with E-state index in [2.05, 4.69) is 4.74 Å². The van der Waals surface area contributed by atoms with E-state index < -0.39 is 5.97 Å². The second-order valence-electron chi connectivity index (χ2n) is 2.96. The Bertz CT molecular complexity index is 426. The van der Waals surface area contributed by atoms with Crippen LogP contribution in [0.2, 0.25) is 5.02 Å². The Morgan fingerprint density at radius 2 is 2.25 bits per heavy atom. The number of carbonyl (C=O) groups excluding carboxylic acids is 1. The average molecular weight is 243 g/mol. The highest BCUT2D eigenvalue weighted by molar-refractivity contribution is 6.32. The van der Waals surface area contributed by atoms with Gasteiger partial charge in [0.1, 0.15) is 5.57 Å². The van der Waals surface area contributed by atoms with Gasteiger partial charge in [-0.25, -0.2) is 4.79 Å². The average Bonchev–Trinajstić information content (AvgIpc) is 2.30. The molecular formula is C11H11ClO4. The van der Waals surface area contributed by atoms with Crippen LogP contribution in [0.1, 0.15) is 11.1 Å². The van der Waals surface area contributed by atoms with Crippen LogP contribution in [0.3, 0.4) is 0 Å². The summed E-state index contributed by atoms with van der Waals surface area (Å²) < 4.78 is 4.51. The fourth-order valence-electron chi connectivity index (χ4n) is 1.31. The summed E-state index contributed by atoms with van der Waals surface area (Å²) in [4.78, 5) is 11.3. The van der Waals surface area contributed by atoms with Gasteiger partial charge in [0, 0.05) is 10.6 Å². The van der Waals surface area contributed by atoms with Crippen LogP contribution < -0.4 is 0 Å². The van der Waals surface area contributed by atoms with E-state index in [-0.39, 0.29) is 12.2 Å². The summed E-state index contributed by atoms with van der Waals surface area (Å²) in [7, 11) is 1.20. The molecule has 0 aliphatic carbocycles. The summed E-state index contributed by atoms with van der Waals surface area (Å²) in [6.45, 7) is -0.330. The number of rotatable bonds is 3. The molecule has 0 saturated carbocycles. The normalized spacial score (nSPS) is 11.3. The third kappa shape index (κ3) is 2.35. The second-order valence-corrected chi connectivity index (χ2v) is 3.37. The molecule has 2 N–H and O–H groups in total. The van der Waals surface area contributed by atoms with Crippen LogP contribution in [0.5, 0.6) is 0 Å². The Labute approximate surface area is 97.7 Å². The molecule has 1 aromatic rings. The van der Waals surface area contributed by atoms with E-state index in [0.717, 1.165) is 0 Å². The Kier molecular flexibility index (Phi) is 4.34. The Balaban J connectivity index is 3.31. The van der Waals surface area contributed by atoms with Crippen LogP contribution in [0, 0.1) is 0 Å². The number of ether oxygens (including phenoxy) is 1. The highest BCUT2D eigenvalue weighted by Gasteiger charge is 2.17. The minimum Gasteiger partial charge on any atom is -0.515 e. The minimum absolute atomic E-state index is 0.0472. The monoisotopic (exact) mass is 242 g/mol. The van der Waals surface area contributed by atoms with Gasteiger partial charge in [-0.2, -0.15) is 0 Å². The van der Waals surface area contributed by atoms with Crippen molar-refractivity contribution in [3.8, 4) is 0 Å². The molecule has 0 aliphatic rings. The summed E-state index contributed by atoms with van der Waals surface area (Å²) in [5.41, 5.74) is 0.674. The van der Waals surface area contributed by atoms with Gasteiger partial charge in [0.25, 0.3) is 0 Å². The van der Waals surface area contributed by atoms with E-state index in [1.807, 2.05) is 0 Å². The fourth-order valence-corrected chi connectivity index (χ4v) is 1.55. The molecular weight excluding hydrogens is 232 g/mol. The van der Waals surface area contributed by atoms with Crippen LogP contribution >= 0.6 is 11.6 Å². The lowest BCUT2D eigenvalue weighted by atomic mass is 10.0. The first kappa shape index (κ1) is 12.5. The molecule has 1 rings (SSSR count). The van der Waals surface area contributed by atoms with Crippen LogP contribution in [0.25, 0.3) is 5.57 Å². The lowest BCUT2D eigenvalue weighted by molar-refractivity contribution is -0.133. The van der Waals surface area contributed by atoms with Gasteiger partial charge < -0.3 is 14.9 Å². The van der Waals surface area contributed by atoms with Crippen molar-refractivity contribution >= 4 is 23.1 Å². The summed E-state index contributed by atoms with van der Waals surface area (Å²) in [5, 5.41) is 18.5. The van der Waals surface area contributed by atoms with Gasteiger partial charge in [0.15, 0.2) is 0 Å². The van der Waals surface area contributed by atoms with Crippen LogP contribution in [-0.4, -0.2) is 23.3 Å². The largest absolute Gasteiger partial charge is 0.515 e. The van der Waals surface area contributed by atoms with Crippen molar-refractivity contribution in [2.24, 2.45) is 0 Å². The number of carbonyl (C=O) groups is 1. The van der Waals surface area contributed by atoms with E-state index in [9.17, 15) is 4.79 Å². The van der Waals surface area contributed by atoms with E-state index in [1.165, 1.54) is 7.11 Å². The molecule has 0 heterocycles. The van der Waals surface area contributed by atoms with Crippen molar-refractivity contribution in [1.82, 2.24) is 0 Å². The van der Waals surface area contributed by atoms with Crippen LogP contribution in [-0.2, 0) is 16.1 Å².